The van der Waals surface area contributed by atoms with Crippen molar-refractivity contribution in [2.75, 3.05) is 6.54 Å². The molecule has 1 atom stereocenters. The standard InChI is InChI=1S/C24H27NO2/c26-18-20-11-14-24(27)22(17-20)12-13-23(21-9-5-2-6-10-21)25-16-15-19-7-3-1-4-8-19/h1-11,14,17,23,25-27H,12-13,15-16,18H2/t23-/m1/s1. The van der Waals surface area contributed by atoms with E-state index in [-0.39, 0.29) is 12.6 Å². The minimum Gasteiger partial charge on any atom is -0.508 e. The van der Waals surface area contributed by atoms with Gasteiger partial charge < -0.3 is 15.5 Å². The molecule has 0 spiro atoms. The Kier molecular flexibility index (Phi) is 7.03. The predicted octanol–water partition coefficient (Wildman–Crippen LogP) is 4.39. The summed E-state index contributed by atoms with van der Waals surface area (Å²) < 4.78 is 0. The molecule has 0 aliphatic heterocycles. The summed E-state index contributed by atoms with van der Waals surface area (Å²) in [5.41, 5.74) is 4.29. The molecule has 140 valence electrons. The van der Waals surface area contributed by atoms with Crippen LogP contribution < -0.4 is 5.32 Å². The van der Waals surface area contributed by atoms with Crippen LogP contribution in [0.15, 0.2) is 78.9 Å². The number of aliphatic hydroxyl groups is 1. The fourth-order valence-corrected chi connectivity index (χ4v) is 3.34. The van der Waals surface area contributed by atoms with Crippen LogP contribution in [0.2, 0.25) is 0 Å². The Morgan fingerprint density at radius 1 is 0.778 bits per heavy atom. The third-order valence-electron chi connectivity index (χ3n) is 4.88. The molecule has 27 heavy (non-hydrogen) atoms. The fourth-order valence-electron chi connectivity index (χ4n) is 3.34. The van der Waals surface area contributed by atoms with E-state index in [1.807, 2.05) is 18.2 Å². The molecule has 0 aliphatic rings. The van der Waals surface area contributed by atoms with Gasteiger partial charge in [-0.25, -0.2) is 0 Å². The molecule has 0 amide bonds. The van der Waals surface area contributed by atoms with Crippen molar-refractivity contribution in [3.63, 3.8) is 0 Å². The van der Waals surface area contributed by atoms with Gasteiger partial charge in [-0.05, 0) is 60.2 Å². The number of phenolic OH excluding ortho intramolecular Hbond substituents is 1. The third kappa shape index (κ3) is 5.68. The Balaban J connectivity index is 1.65. The Morgan fingerprint density at radius 3 is 2.19 bits per heavy atom. The lowest BCUT2D eigenvalue weighted by Gasteiger charge is -2.20. The highest BCUT2D eigenvalue weighted by molar-refractivity contribution is 5.36. The minimum absolute atomic E-state index is 0.00921. The molecule has 0 aliphatic carbocycles. The van der Waals surface area contributed by atoms with E-state index < -0.39 is 0 Å². The second-order valence-electron chi connectivity index (χ2n) is 6.81. The van der Waals surface area contributed by atoms with Gasteiger partial charge in [0.15, 0.2) is 0 Å². The van der Waals surface area contributed by atoms with E-state index >= 15 is 0 Å². The summed E-state index contributed by atoms with van der Waals surface area (Å²) >= 11 is 0. The second-order valence-corrected chi connectivity index (χ2v) is 6.81. The van der Waals surface area contributed by atoms with Gasteiger partial charge in [-0.1, -0.05) is 66.7 Å². The Bertz CT molecular complexity index is 818. The maximum Gasteiger partial charge on any atom is 0.118 e. The summed E-state index contributed by atoms with van der Waals surface area (Å²) in [5.74, 6) is 0.295. The normalized spacial score (nSPS) is 12.0. The molecule has 0 radical (unpaired) electrons. The summed E-state index contributed by atoms with van der Waals surface area (Å²) in [5, 5.41) is 23.1. The SMILES string of the molecule is OCc1ccc(O)c(CC[C@@H](NCCc2ccccc2)c2ccccc2)c1. The number of aryl methyl sites for hydroxylation is 1. The summed E-state index contributed by atoms with van der Waals surface area (Å²) in [4.78, 5) is 0. The van der Waals surface area contributed by atoms with Crippen molar-refractivity contribution in [3.05, 3.63) is 101 Å². The summed E-state index contributed by atoms with van der Waals surface area (Å²) in [7, 11) is 0. The number of rotatable bonds is 9. The van der Waals surface area contributed by atoms with Gasteiger partial charge in [0.05, 0.1) is 6.61 Å². The van der Waals surface area contributed by atoms with E-state index in [0.717, 1.165) is 36.9 Å². The van der Waals surface area contributed by atoms with Gasteiger partial charge in [-0.3, -0.25) is 0 Å². The Labute approximate surface area is 161 Å². The van der Waals surface area contributed by atoms with Crippen molar-refractivity contribution in [3.8, 4) is 5.75 Å². The highest BCUT2D eigenvalue weighted by Gasteiger charge is 2.12. The van der Waals surface area contributed by atoms with E-state index in [2.05, 4.69) is 53.8 Å². The Hall–Kier alpha value is -2.62. The smallest absolute Gasteiger partial charge is 0.118 e. The van der Waals surface area contributed by atoms with E-state index in [9.17, 15) is 10.2 Å². The predicted molar refractivity (Wildman–Crippen MR) is 110 cm³/mol. The number of hydrogen-bond acceptors (Lipinski definition) is 3. The monoisotopic (exact) mass is 361 g/mol. The van der Waals surface area contributed by atoms with Crippen LogP contribution in [0.5, 0.6) is 5.75 Å². The van der Waals surface area contributed by atoms with Gasteiger partial charge in [0.25, 0.3) is 0 Å². The Morgan fingerprint density at radius 2 is 1.48 bits per heavy atom. The van der Waals surface area contributed by atoms with Crippen LogP contribution >= 0.6 is 0 Å². The lowest BCUT2D eigenvalue weighted by atomic mass is 9.97. The number of benzene rings is 3. The quantitative estimate of drug-likeness (QED) is 0.530. The summed E-state index contributed by atoms with van der Waals surface area (Å²) in [6.45, 7) is 0.886. The van der Waals surface area contributed by atoms with Gasteiger partial charge >= 0.3 is 0 Å². The van der Waals surface area contributed by atoms with Crippen molar-refractivity contribution in [2.24, 2.45) is 0 Å². The van der Waals surface area contributed by atoms with E-state index in [0.29, 0.717) is 5.75 Å². The van der Waals surface area contributed by atoms with Gasteiger partial charge in [0.1, 0.15) is 5.75 Å². The average Bonchev–Trinajstić information content (AvgIpc) is 2.73. The fraction of sp³-hybridized carbons (Fsp3) is 0.250. The second kappa shape index (κ2) is 9.91. The third-order valence-corrected chi connectivity index (χ3v) is 4.88. The number of aliphatic hydroxyl groups excluding tert-OH is 1. The van der Waals surface area contributed by atoms with Crippen LogP contribution in [0.1, 0.15) is 34.7 Å². The molecule has 0 saturated heterocycles. The summed E-state index contributed by atoms with van der Waals surface area (Å²) in [6, 6.07) is 26.4. The maximum atomic E-state index is 10.1. The molecule has 3 aromatic rings. The lowest BCUT2D eigenvalue weighted by molar-refractivity contribution is 0.281. The zero-order chi connectivity index (χ0) is 18.9. The molecule has 0 heterocycles. The zero-order valence-corrected chi connectivity index (χ0v) is 15.5. The average molecular weight is 361 g/mol. The largest absolute Gasteiger partial charge is 0.508 e. The van der Waals surface area contributed by atoms with Crippen LogP contribution in [0.25, 0.3) is 0 Å². The first-order valence-corrected chi connectivity index (χ1v) is 9.50. The van der Waals surface area contributed by atoms with Crippen molar-refractivity contribution in [1.29, 1.82) is 0 Å². The molecule has 3 N–H and O–H groups in total. The van der Waals surface area contributed by atoms with Crippen LogP contribution in [0.4, 0.5) is 0 Å². The minimum atomic E-state index is -0.00921. The van der Waals surface area contributed by atoms with Crippen molar-refractivity contribution < 1.29 is 10.2 Å². The van der Waals surface area contributed by atoms with Gasteiger partial charge in [-0.15, -0.1) is 0 Å². The van der Waals surface area contributed by atoms with Crippen molar-refractivity contribution in [2.45, 2.75) is 31.9 Å². The maximum absolute atomic E-state index is 10.1. The topological polar surface area (TPSA) is 52.5 Å². The van der Waals surface area contributed by atoms with Crippen molar-refractivity contribution in [1.82, 2.24) is 5.32 Å². The van der Waals surface area contributed by atoms with Crippen LogP contribution in [-0.4, -0.2) is 16.8 Å². The molecule has 0 unspecified atom stereocenters. The molecule has 3 rings (SSSR count). The van der Waals surface area contributed by atoms with E-state index in [4.69, 9.17) is 0 Å². The molecule has 3 heteroatoms. The number of aromatic hydroxyl groups is 1. The van der Waals surface area contributed by atoms with Crippen LogP contribution in [0, 0.1) is 0 Å². The summed E-state index contributed by atoms with van der Waals surface area (Å²) in [6.07, 6.45) is 2.61. The lowest BCUT2D eigenvalue weighted by Crippen LogP contribution is -2.24. The first-order valence-electron chi connectivity index (χ1n) is 9.50. The molecule has 3 nitrogen and oxygen atoms in total. The van der Waals surface area contributed by atoms with Gasteiger partial charge in [-0.2, -0.15) is 0 Å². The first-order chi connectivity index (χ1) is 13.3. The molecular formula is C24H27NO2. The highest BCUT2D eigenvalue weighted by Crippen LogP contribution is 2.25. The molecule has 3 aromatic carbocycles. The van der Waals surface area contributed by atoms with Gasteiger partial charge in [0.2, 0.25) is 0 Å². The van der Waals surface area contributed by atoms with Crippen molar-refractivity contribution >= 4 is 0 Å². The molecule has 0 saturated carbocycles. The van der Waals surface area contributed by atoms with E-state index in [1.165, 1.54) is 11.1 Å². The zero-order valence-electron chi connectivity index (χ0n) is 15.5. The van der Waals surface area contributed by atoms with Crippen LogP contribution in [-0.2, 0) is 19.4 Å². The molecular weight excluding hydrogens is 334 g/mol. The number of hydrogen-bond donors (Lipinski definition) is 3. The van der Waals surface area contributed by atoms with E-state index in [1.54, 1.807) is 12.1 Å². The molecule has 0 fully saturated rings. The molecule has 0 aromatic heterocycles. The first kappa shape index (κ1) is 19.2. The highest BCUT2D eigenvalue weighted by atomic mass is 16.3. The number of phenols is 1. The number of nitrogens with one attached hydrogen (secondary N) is 1. The van der Waals surface area contributed by atoms with Gasteiger partial charge in [0, 0.05) is 6.04 Å². The molecule has 0 bridgehead atoms. The van der Waals surface area contributed by atoms with Crippen LogP contribution in [0.3, 0.4) is 0 Å².